The van der Waals surface area contributed by atoms with Crippen molar-refractivity contribution < 1.29 is 0 Å². The third-order valence-corrected chi connectivity index (χ3v) is 3.22. The van der Waals surface area contributed by atoms with Crippen LogP contribution in [0.25, 0.3) is 22.3 Å². The quantitative estimate of drug-likeness (QED) is 0.735. The van der Waals surface area contributed by atoms with Gasteiger partial charge in [-0.15, -0.1) is 0 Å². The largest absolute Gasteiger partial charge is 0.397 e. The van der Waals surface area contributed by atoms with Gasteiger partial charge in [0, 0.05) is 16.6 Å². The lowest BCUT2D eigenvalue weighted by Gasteiger charge is -2.05. The zero-order valence-corrected chi connectivity index (χ0v) is 10.9. The second kappa shape index (κ2) is 4.35. The molecular formula is C14H15N5. The minimum absolute atomic E-state index is 0.640. The Morgan fingerprint density at radius 1 is 1.32 bits per heavy atom. The van der Waals surface area contributed by atoms with Gasteiger partial charge in [-0.05, 0) is 31.5 Å². The zero-order valence-electron chi connectivity index (χ0n) is 10.9. The molecule has 5 nitrogen and oxygen atoms in total. The minimum Gasteiger partial charge on any atom is -0.397 e. The summed E-state index contributed by atoms with van der Waals surface area (Å²) in [5.74, 6) is 0. The number of aryl methyl sites for hydroxylation is 2. The number of rotatable bonds is 2. The van der Waals surface area contributed by atoms with Gasteiger partial charge in [0.25, 0.3) is 0 Å². The number of nitrogen functional groups attached to an aromatic ring is 1. The van der Waals surface area contributed by atoms with Crippen LogP contribution in [0.1, 0.15) is 18.3 Å². The molecule has 0 unspecified atom stereocenters. The predicted molar refractivity (Wildman–Crippen MR) is 75.6 cm³/mol. The van der Waals surface area contributed by atoms with Crippen molar-refractivity contribution in [3.8, 4) is 11.3 Å². The Morgan fingerprint density at radius 3 is 2.95 bits per heavy atom. The number of aromatic nitrogens is 4. The summed E-state index contributed by atoms with van der Waals surface area (Å²) < 4.78 is 0. The van der Waals surface area contributed by atoms with Crippen molar-refractivity contribution >= 4 is 16.7 Å². The van der Waals surface area contributed by atoms with Crippen molar-refractivity contribution in [3.63, 3.8) is 0 Å². The molecule has 3 rings (SSSR count). The summed E-state index contributed by atoms with van der Waals surface area (Å²) in [5, 5.41) is 8.30. The van der Waals surface area contributed by atoms with E-state index in [1.165, 1.54) is 0 Å². The molecule has 0 aromatic carbocycles. The lowest BCUT2D eigenvalue weighted by molar-refractivity contribution is 0.983. The Bertz CT molecular complexity index is 745. The molecule has 3 aromatic heterocycles. The van der Waals surface area contributed by atoms with Crippen molar-refractivity contribution in [2.75, 3.05) is 5.73 Å². The van der Waals surface area contributed by atoms with E-state index in [0.717, 1.165) is 40.1 Å². The Balaban J connectivity index is 2.18. The minimum atomic E-state index is 0.640. The summed E-state index contributed by atoms with van der Waals surface area (Å²) in [7, 11) is 0. The fourth-order valence-corrected chi connectivity index (χ4v) is 2.19. The highest BCUT2D eigenvalue weighted by molar-refractivity contribution is 5.81. The molecule has 0 amide bonds. The number of hydrogen-bond acceptors (Lipinski definition) is 4. The molecule has 96 valence electrons. The van der Waals surface area contributed by atoms with E-state index in [0.29, 0.717) is 5.69 Å². The summed E-state index contributed by atoms with van der Waals surface area (Å²) in [6.45, 7) is 4.03. The number of hydrogen-bond donors (Lipinski definition) is 2. The van der Waals surface area contributed by atoms with E-state index in [-0.39, 0.29) is 0 Å². The van der Waals surface area contributed by atoms with E-state index in [2.05, 4.69) is 27.1 Å². The van der Waals surface area contributed by atoms with Gasteiger partial charge in [0.05, 0.1) is 23.3 Å². The van der Waals surface area contributed by atoms with Crippen molar-refractivity contribution in [2.45, 2.75) is 20.3 Å². The molecule has 0 saturated carbocycles. The van der Waals surface area contributed by atoms with Gasteiger partial charge in [-0.3, -0.25) is 10.1 Å². The second-order valence-corrected chi connectivity index (χ2v) is 4.52. The summed E-state index contributed by atoms with van der Waals surface area (Å²) in [6.07, 6.45) is 2.54. The van der Waals surface area contributed by atoms with Gasteiger partial charge >= 0.3 is 0 Å². The number of nitrogens with zero attached hydrogens (tertiary/aromatic N) is 3. The molecular weight excluding hydrogens is 238 g/mol. The van der Waals surface area contributed by atoms with Gasteiger partial charge in [0.15, 0.2) is 5.65 Å². The average molecular weight is 253 g/mol. The van der Waals surface area contributed by atoms with Gasteiger partial charge < -0.3 is 5.73 Å². The summed E-state index contributed by atoms with van der Waals surface area (Å²) in [4.78, 5) is 8.87. The molecule has 0 aliphatic carbocycles. The third-order valence-electron chi connectivity index (χ3n) is 3.22. The van der Waals surface area contributed by atoms with Crippen LogP contribution in [-0.2, 0) is 6.42 Å². The maximum absolute atomic E-state index is 5.79. The van der Waals surface area contributed by atoms with Gasteiger partial charge in [0.2, 0.25) is 0 Å². The molecule has 0 spiro atoms. The molecule has 5 heteroatoms. The molecule has 3 aromatic rings. The van der Waals surface area contributed by atoms with Crippen LogP contribution >= 0.6 is 0 Å². The molecule has 0 saturated heterocycles. The first-order chi connectivity index (χ1) is 9.19. The van der Waals surface area contributed by atoms with E-state index in [4.69, 9.17) is 5.73 Å². The van der Waals surface area contributed by atoms with Crippen molar-refractivity contribution in [2.24, 2.45) is 0 Å². The van der Waals surface area contributed by atoms with Crippen LogP contribution in [0.4, 0.5) is 5.69 Å². The van der Waals surface area contributed by atoms with Gasteiger partial charge in [-0.25, -0.2) is 4.98 Å². The fourth-order valence-electron chi connectivity index (χ4n) is 2.19. The number of pyridine rings is 2. The first-order valence-electron chi connectivity index (χ1n) is 6.25. The Labute approximate surface area is 110 Å². The van der Waals surface area contributed by atoms with Gasteiger partial charge in [0.1, 0.15) is 0 Å². The third kappa shape index (κ3) is 1.93. The number of fused-ring (bicyclic) bond motifs is 1. The highest BCUT2D eigenvalue weighted by atomic mass is 15.1. The molecule has 0 aliphatic heterocycles. The maximum Gasteiger partial charge on any atom is 0.156 e. The van der Waals surface area contributed by atoms with Crippen molar-refractivity contribution in [1.82, 2.24) is 20.2 Å². The second-order valence-electron chi connectivity index (χ2n) is 4.52. The molecule has 3 heterocycles. The van der Waals surface area contributed by atoms with Crippen molar-refractivity contribution in [3.05, 3.63) is 35.8 Å². The van der Waals surface area contributed by atoms with Gasteiger partial charge in [-0.2, -0.15) is 5.10 Å². The normalized spacial score (nSPS) is 11.1. The Kier molecular flexibility index (Phi) is 2.67. The monoisotopic (exact) mass is 253 g/mol. The fraction of sp³-hybridized carbons (Fsp3) is 0.214. The lowest BCUT2D eigenvalue weighted by atomic mass is 10.1. The van der Waals surface area contributed by atoms with E-state index >= 15 is 0 Å². The lowest BCUT2D eigenvalue weighted by Crippen LogP contribution is -1.94. The number of nitrogens with two attached hydrogens (primary N) is 1. The SMILES string of the molecule is CCc1n[nH]c2nc(-c3cc(N)cnc3C)ccc12. The van der Waals surface area contributed by atoms with Gasteiger partial charge in [-0.1, -0.05) is 6.92 Å². The molecule has 19 heavy (non-hydrogen) atoms. The summed E-state index contributed by atoms with van der Waals surface area (Å²) in [5.41, 5.74) is 11.0. The first-order valence-corrected chi connectivity index (χ1v) is 6.25. The van der Waals surface area contributed by atoms with Crippen molar-refractivity contribution in [1.29, 1.82) is 0 Å². The molecule has 0 aliphatic rings. The highest BCUT2D eigenvalue weighted by Gasteiger charge is 2.09. The van der Waals surface area contributed by atoms with Crippen LogP contribution in [0.3, 0.4) is 0 Å². The Hall–Kier alpha value is -2.43. The number of H-pyrrole nitrogens is 1. The van der Waals surface area contributed by atoms with Crippen LogP contribution in [0.15, 0.2) is 24.4 Å². The summed E-state index contributed by atoms with van der Waals surface area (Å²) in [6, 6.07) is 5.93. The van der Waals surface area contributed by atoms with E-state index in [9.17, 15) is 0 Å². The molecule has 3 N–H and O–H groups in total. The average Bonchev–Trinajstić information content (AvgIpc) is 2.83. The standard InChI is InChI=1S/C14H15N5/c1-3-12-10-4-5-13(17-14(10)19-18-12)11-6-9(15)7-16-8(11)2/h4-7H,3,15H2,1-2H3,(H,17,18,19). The number of nitrogens with one attached hydrogen (secondary N) is 1. The van der Waals surface area contributed by atoms with Crippen LogP contribution in [-0.4, -0.2) is 20.2 Å². The van der Waals surface area contributed by atoms with E-state index in [1.54, 1.807) is 6.20 Å². The molecule has 0 radical (unpaired) electrons. The first kappa shape index (κ1) is 11.6. The number of anilines is 1. The molecule has 0 bridgehead atoms. The maximum atomic E-state index is 5.79. The molecule has 0 fully saturated rings. The van der Waals surface area contributed by atoms with E-state index in [1.807, 2.05) is 25.1 Å². The van der Waals surface area contributed by atoms with Crippen LogP contribution in [0.5, 0.6) is 0 Å². The van der Waals surface area contributed by atoms with Crippen LogP contribution in [0, 0.1) is 6.92 Å². The molecule has 0 atom stereocenters. The predicted octanol–water partition coefficient (Wildman–Crippen LogP) is 2.47. The van der Waals surface area contributed by atoms with Crippen LogP contribution in [0.2, 0.25) is 0 Å². The zero-order chi connectivity index (χ0) is 13.4. The number of aromatic amines is 1. The topological polar surface area (TPSA) is 80.5 Å². The smallest absolute Gasteiger partial charge is 0.156 e. The summed E-state index contributed by atoms with van der Waals surface area (Å²) >= 11 is 0. The van der Waals surface area contributed by atoms with E-state index < -0.39 is 0 Å². The highest BCUT2D eigenvalue weighted by Crippen LogP contribution is 2.25. The Morgan fingerprint density at radius 2 is 2.16 bits per heavy atom. The van der Waals surface area contributed by atoms with Crippen LogP contribution < -0.4 is 5.73 Å².